The fourth-order valence-electron chi connectivity index (χ4n) is 1.17. The SMILES string of the molecule is CC(C)=CCC/C(C)=C/CC(C)(C)C.CCC.[CH3-].[Y]. The Bertz CT molecular complexity index is 225. The van der Waals surface area contributed by atoms with Crippen LogP contribution in [0, 0.1) is 12.8 Å². The molecule has 0 aromatic rings. The summed E-state index contributed by atoms with van der Waals surface area (Å²) in [7, 11) is 0. The first-order chi connectivity index (χ1) is 7.72. The summed E-state index contributed by atoms with van der Waals surface area (Å²) in [6, 6.07) is 0. The molecule has 0 nitrogen and oxygen atoms in total. The Labute approximate surface area is 149 Å². The molecule has 0 aliphatic carbocycles. The predicted molar refractivity (Wildman–Crippen MR) is 88.9 cm³/mol. The van der Waals surface area contributed by atoms with Gasteiger partial charge in [0, 0.05) is 32.7 Å². The van der Waals surface area contributed by atoms with Crippen LogP contribution in [-0.2, 0) is 32.7 Å². The molecule has 0 aliphatic heterocycles. The van der Waals surface area contributed by atoms with E-state index in [-0.39, 0.29) is 40.1 Å². The van der Waals surface area contributed by atoms with Gasteiger partial charge in [-0.2, -0.15) is 0 Å². The van der Waals surface area contributed by atoms with E-state index in [1.807, 2.05) is 0 Å². The second kappa shape index (κ2) is 16.6. The molecule has 0 aromatic carbocycles. The van der Waals surface area contributed by atoms with Crippen LogP contribution < -0.4 is 0 Å². The van der Waals surface area contributed by atoms with Crippen LogP contribution in [0.2, 0.25) is 0 Å². The number of hydrogen-bond donors (Lipinski definition) is 0. The summed E-state index contributed by atoms with van der Waals surface area (Å²) < 4.78 is 0. The number of rotatable bonds is 4. The largest absolute Gasteiger partial charge is 0.358 e. The van der Waals surface area contributed by atoms with Gasteiger partial charge in [-0.3, -0.25) is 0 Å². The maximum atomic E-state index is 2.39. The van der Waals surface area contributed by atoms with Gasteiger partial charge < -0.3 is 7.43 Å². The molecule has 0 aromatic heterocycles. The molecule has 0 saturated carbocycles. The van der Waals surface area contributed by atoms with Crippen LogP contribution in [0.3, 0.4) is 0 Å². The van der Waals surface area contributed by atoms with E-state index in [4.69, 9.17) is 0 Å². The van der Waals surface area contributed by atoms with Crippen molar-refractivity contribution >= 4 is 0 Å². The summed E-state index contributed by atoms with van der Waals surface area (Å²) in [6.45, 7) is 17.7. The molecular weight excluding hydrogens is 305 g/mol. The van der Waals surface area contributed by atoms with E-state index in [1.165, 1.54) is 36.8 Å². The van der Waals surface area contributed by atoms with E-state index in [2.05, 4.69) is 67.5 Å². The van der Waals surface area contributed by atoms with Crippen molar-refractivity contribution in [3.8, 4) is 0 Å². The molecule has 0 atom stereocenters. The average Bonchev–Trinajstić information content (AvgIpc) is 2.14. The van der Waals surface area contributed by atoms with E-state index in [0.717, 1.165) is 0 Å². The molecule has 19 heavy (non-hydrogen) atoms. The van der Waals surface area contributed by atoms with Crippen LogP contribution in [0.5, 0.6) is 0 Å². The first kappa shape index (κ1) is 27.8. The van der Waals surface area contributed by atoms with Crippen molar-refractivity contribution in [3.63, 3.8) is 0 Å². The third-order valence-electron chi connectivity index (χ3n) is 2.15. The minimum absolute atomic E-state index is 0. The quantitative estimate of drug-likeness (QED) is 0.382. The van der Waals surface area contributed by atoms with Crippen LogP contribution in [0.15, 0.2) is 23.3 Å². The molecule has 0 fully saturated rings. The van der Waals surface area contributed by atoms with Crippen molar-refractivity contribution in [1.82, 2.24) is 0 Å². The third kappa shape index (κ3) is 32.3. The van der Waals surface area contributed by atoms with Gasteiger partial charge in [-0.1, -0.05) is 64.3 Å². The molecule has 0 rings (SSSR count). The van der Waals surface area contributed by atoms with Gasteiger partial charge in [0.2, 0.25) is 0 Å². The smallest absolute Gasteiger partial charge is 0 e. The summed E-state index contributed by atoms with van der Waals surface area (Å²) >= 11 is 0. The molecule has 0 bridgehead atoms. The van der Waals surface area contributed by atoms with Crippen LogP contribution in [-0.4, -0.2) is 0 Å². The normalized spacial score (nSPS) is 10.4. The molecule has 0 spiro atoms. The van der Waals surface area contributed by atoms with E-state index in [1.54, 1.807) is 0 Å². The molecule has 1 heteroatoms. The Morgan fingerprint density at radius 1 is 0.947 bits per heavy atom. The summed E-state index contributed by atoms with van der Waals surface area (Å²) in [5.74, 6) is 0. The fraction of sp³-hybridized carbons (Fsp3) is 0.722. The first-order valence-electron chi connectivity index (χ1n) is 7.02. The molecule has 1 radical (unpaired) electrons. The van der Waals surface area contributed by atoms with Crippen LogP contribution in [0.25, 0.3) is 0 Å². The van der Waals surface area contributed by atoms with E-state index < -0.39 is 0 Å². The zero-order chi connectivity index (χ0) is 13.9. The van der Waals surface area contributed by atoms with Gasteiger partial charge in [-0.25, -0.2) is 0 Å². The van der Waals surface area contributed by atoms with E-state index in [9.17, 15) is 0 Å². The predicted octanol–water partition coefficient (Wildman–Crippen LogP) is 6.98. The zero-order valence-electron chi connectivity index (χ0n) is 15.1. The van der Waals surface area contributed by atoms with Crippen molar-refractivity contribution < 1.29 is 32.7 Å². The van der Waals surface area contributed by atoms with Crippen molar-refractivity contribution in [2.24, 2.45) is 5.41 Å². The van der Waals surface area contributed by atoms with Gasteiger partial charge in [-0.05, 0) is 45.4 Å². The Kier molecular flexibility index (Phi) is 24.4. The van der Waals surface area contributed by atoms with Crippen molar-refractivity contribution in [1.29, 1.82) is 0 Å². The third-order valence-corrected chi connectivity index (χ3v) is 2.15. The fourth-order valence-corrected chi connectivity index (χ4v) is 1.17. The summed E-state index contributed by atoms with van der Waals surface area (Å²) in [5.41, 5.74) is 3.38. The van der Waals surface area contributed by atoms with Crippen LogP contribution in [0.4, 0.5) is 0 Å². The molecule has 0 heterocycles. The molecular formula is C18H37Y-. The maximum absolute atomic E-state index is 2.39. The second-order valence-corrected chi connectivity index (χ2v) is 6.34. The van der Waals surface area contributed by atoms with Gasteiger partial charge in [0.05, 0.1) is 0 Å². The van der Waals surface area contributed by atoms with Gasteiger partial charge >= 0.3 is 0 Å². The molecule has 0 amide bonds. The summed E-state index contributed by atoms with van der Waals surface area (Å²) in [4.78, 5) is 0. The van der Waals surface area contributed by atoms with Gasteiger partial charge in [0.15, 0.2) is 0 Å². The Hall–Kier alpha value is 0.584. The van der Waals surface area contributed by atoms with Gasteiger partial charge in [0.1, 0.15) is 0 Å². The Balaban J connectivity index is -0.000000204. The van der Waals surface area contributed by atoms with Crippen molar-refractivity contribution in [3.05, 3.63) is 30.7 Å². The Morgan fingerprint density at radius 2 is 1.37 bits per heavy atom. The van der Waals surface area contributed by atoms with E-state index in [0.29, 0.717) is 5.41 Å². The molecule has 113 valence electrons. The van der Waals surface area contributed by atoms with E-state index >= 15 is 0 Å². The van der Waals surface area contributed by atoms with Gasteiger partial charge in [0.25, 0.3) is 0 Å². The topological polar surface area (TPSA) is 0 Å². The number of hydrogen-bond acceptors (Lipinski definition) is 0. The molecule has 0 N–H and O–H groups in total. The summed E-state index contributed by atoms with van der Waals surface area (Å²) in [5, 5.41) is 0. The first-order valence-corrected chi connectivity index (χ1v) is 7.02. The second-order valence-electron chi connectivity index (χ2n) is 6.34. The van der Waals surface area contributed by atoms with Crippen molar-refractivity contribution in [2.75, 3.05) is 0 Å². The maximum Gasteiger partial charge on any atom is 0 e. The average molecular weight is 342 g/mol. The van der Waals surface area contributed by atoms with Crippen LogP contribution in [0.1, 0.15) is 81.1 Å². The van der Waals surface area contributed by atoms with Crippen molar-refractivity contribution in [2.45, 2.75) is 81.1 Å². The molecule has 0 saturated heterocycles. The molecule has 0 aliphatic rings. The zero-order valence-corrected chi connectivity index (χ0v) is 17.9. The number of allylic oxidation sites excluding steroid dienone is 4. The standard InChI is InChI=1S/C14H26.C3H8.CH3.Y/c1-12(2)8-7-9-13(3)10-11-14(4,5)6;1-3-2;;/h8,10H,7,9,11H2,1-6H3;3H2,1-2H3;1H3;/q;;-1;/b13-10+;;;. The minimum atomic E-state index is 0. The van der Waals surface area contributed by atoms with Crippen LogP contribution >= 0.6 is 0 Å². The van der Waals surface area contributed by atoms with Gasteiger partial charge in [-0.15, -0.1) is 0 Å². The monoisotopic (exact) mass is 342 g/mol. The summed E-state index contributed by atoms with van der Waals surface area (Å²) in [6.07, 6.45) is 9.54. The molecule has 0 unspecified atom stereocenters. The minimum Gasteiger partial charge on any atom is -0.358 e. The Morgan fingerprint density at radius 3 is 1.68 bits per heavy atom.